The van der Waals surface area contributed by atoms with Crippen LogP contribution in [0.3, 0.4) is 0 Å². The lowest BCUT2D eigenvalue weighted by atomic mass is 10.2. The van der Waals surface area contributed by atoms with Gasteiger partial charge in [0.2, 0.25) is 0 Å². The van der Waals surface area contributed by atoms with Crippen molar-refractivity contribution in [2.75, 3.05) is 64.8 Å². The standard InChI is InChI=1S/C19H27N3O5/c1-21-8-5-9-22(11-10-21)17-12-14(25-2)6-7-15(17)20-16(19(24)27-4)13-18(23)26-3/h6-7,12-13,20H,5,8-11H2,1-4H3/b16-13+. The summed E-state index contributed by atoms with van der Waals surface area (Å²) in [7, 11) is 6.22. The van der Waals surface area contributed by atoms with Gasteiger partial charge in [-0.05, 0) is 32.1 Å². The second-order valence-corrected chi connectivity index (χ2v) is 6.22. The molecule has 0 aliphatic carbocycles. The van der Waals surface area contributed by atoms with Crippen LogP contribution in [-0.2, 0) is 19.1 Å². The van der Waals surface area contributed by atoms with Gasteiger partial charge in [0.1, 0.15) is 11.4 Å². The van der Waals surface area contributed by atoms with Gasteiger partial charge in [-0.15, -0.1) is 0 Å². The van der Waals surface area contributed by atoms with Crippen LogP contribution in [0.5, 0.6) is 5.75 Å². The van der Waals surface area contributed by atoms with E-state index in [1.165, 1.54) is 14.2 Å². The highest BCUT2D eigenvalue weighted by atomic mass is 16.5. The van der Waals surface area contributed by atoms with Crippen molar-refractivity contribution in [3.8, 4) is 5.75 Å². The van der Waals surface area contributed by atoms with Crippen molar-refractivity contribution < 1.29 is 23.8 Å². The van der Waals surface area contributed by atoms with Crippen molar-refractivity contribution in [1.82, 2.24) is 4.90 Å². The first-order valence-electron chi connectivity index (χ1n) is 8.75. The van der Waals surface area contributed by atoms with E-state index in [2.05, 4.69) is 26.9 Å². The summed E-state index contributed by atoms with van der Waals surface area (Å²) in [6.45, 7) is 3.67. The third-order valence-corrected chi connectivity index (χ3v) is 4.40. The first-order chi connectivity index (χ1) is 13.0. The Morgan fingerprint density at radius 3 is 2.52 bits per heavy atom. The number of hydrogen-bond acceptors (Lipinski definition) is 8. The molecule has 1 aromatic rings. The first-order valence-corrected chi connectivity index (χ1v) is 8.75. The molecule has 1 aliphatic heterocycles. The molecule has 0 radical (unpaired) electrons. The number of likely N-dealkylation sites (N-methyl/N-ethyl adjacent to an activating group) is 1. The summed E-state index contributed by atoms with van der Waals surface area (Å²) in [5.41, 5.74) is 1.58. The van der Waals surface area contributed by atoms with Crippen molar-refractivity contribution in [3.05, 3.63) is 30.0 Å². The molecule has 0 aromatic heterocycles. The maximum absolute atomic E-state index is 12.1. The number of anilines is 2. The molecule has 148 valence electrons. The van der Waals surface area contributed by atoms with E-state index in [0.717, 1.165) is 44.4 Å². The lowest BCUT2D eigenvalue weighted by molar-refractivity contribution is -0.138. The quantitative estimate of drug-likeness (QED) is 0.590. The molecule has 0 unspecified atom stereocenters. The highest BCUT2D eigenvalue weighted by Gasteiger charge is 2.19. The van der Waals surface area contributed by atoms with E-state index in [1.807, 2.05) is 12.1 Å². The Morgan fingerprint density at radius 1 is 1.07 bits per heavy atom. The number of carbonyl (C=O) groups is 2. The molecule has 0 bridgehead atoms. The van der Waals surface area contributed by atoms with E-state index in [9.17, 15) is 9.59 Å². The average Bonchev–Trinajstić information content (AvgIpc) is 2.91. The fourth-order valence-electron chi connectivity index (χ4n) is 2.87. The summed E-state index contributed by atoms with van der Waals surface area (Å²) in [6, 6.07) is 5.53. The molecule has 0 amide bonds. The molecule has 8 nitrogen and oxygen atoms in total. The Balaban J connectivity index is 2.38. The lowest BCUT2D eigenvalue weighted by Crippen LogP contribution is -2.29. The zero-order valence-corrected chi connectivity index (χ0v) is 16.3. The number of methoxy groups -OCH3 is 3. The molecule has 0 atom stereocenters. The van der Waals surface area contributed by atoms with Gasteiger partial charge in [0.25, 0.3) is 0 Å². The molecule has 1 aliphatic rings. The molecule has 1 saturated heterocycles. The van der Waals surface area contributed by atoms with Gasteiger partial charge in [-0.2, -0.15) is 0 Å². The Bertz CT molecular complexity index is 705. The van der Waals surface area contributed by atoms with Crippen molar-refractivity contribution in [1.29, 1.82) is 0 Å². The van der Waals surface area contributed by atoms with Gasteiger partial charge in [0.15, 0.2) is 0 Å². The highest BCUT2D eigenvalue weighted by molar-refractivity contribution is 5.99. The topological polar surface area (TPSA) is 80.3 Å². The Hall–Kier alpha value is -2.74. The summed E-state index contributed by atoms with van der Waals surface area (Å²) >= 11 is 0. The van der Waals surface area contributed by atoms with Crippen LogP contribution in [-0.4, -0.2) is 71.4 Å². The van der Waals surface area contributed by atoms with Gasteiger partial charge in [0.05, 0.1) is 38.8 Å². The van der Waals surface area contributed by atoms with Crippen LogP contribution in [0.2, 0.25) is 0 Å². The largest absolute Gasteiger partial charge is 0.497 e. The molecular weight excluding hydrogens is 350 g/mol. The predicted molar refractivity (Wildman–Crippen MR) is 103 cm³/mol. The Labute approximate surface area is 159 Å². The number of benzene rings is 1. The molecule has 2 rings (SSSR count). The average molecular weight is 377 g/mol. The van der Waals surface area contributed by atoms with Crippen LogP contribution in [0.15, 0.2) is 30.0 Å². The SMILES string of the molecule is COC(=O)/C=C(/Nc1ccc(OC)cc1N1CCCN(C)CC1)C(=O)OC. The molecule has 1 fully saturated rings. The summed E-state index contributed by atoms with van der Waals surface area (Å²) in [6.07, 6.45) is 2.10. The maximum atomic E-state index is 12.1. The second-order valence-electron chi connectivity index (χ2n) is 6.22. The number of rotatable bonds is 6. The van der Waals surface area contributed by atoms with Crippen LogP contribution < -0.4 is 15.0 Å². The summed E-state index contributed by atoms with van der Waals surface area (Å²) in [5, 5.41) is 3.02. The fourth-order valence-corrected chi connectivity index (χ4v) is 2.87. The number of hydrogen-bond donors (Lipinski definition) is 1. The zero-order chi connectivity index (χ0) is 19.8. The van der Waals surface area contributed by atoms with Gasteiger partial charge in [0, 0.05) is 25.7 Å². The van der Waals surface area contributed by atoms with Crippen LogP contribution in [0.1, 0.15) is 6.42 Å². The molecule has 1 N–H and O–H groups in total. The Kier molecular flexibility index (Phi) is 7.48. The van der Waals surface area contributed by atoms with Crippen molar-refractivity contribution in [2.24, 2.45) is 0 Å². The monoisotopic (exact) mass is 377 g/mol. The maximum Gasteiger partial charge on any atom is 0.354 e. The molecule has 8 heteroatoms. The van der Waals surface area contributed by atoms with E-state index in [-0.39, 0.29) is 5.70 Å². The van der Waals surface area contributed by atoms with Crippen LogP contribution >= 0.6 is 0 Å². The van der Waals surface area contributed by atoms with E-state index in [1.54, 1.807) is 13.2 Å². The lowest BCUT2D eigenvalue weighted by Gasteiger charge is -2.26. The van der Waals surface area contributed by atoms with Crippen molar-refractivity contribution in [2.45, 2.75) is 6.42 Å². The number of esters is 2. The minimum absolute atomic E-state index is 0.00251. The van der Waals surface area contributed by atoms with E-state index in [0.29, 0.717) is 11.4 Å². The van der Waals surface area contributed by atoms with Gasteiger partial charge in [-0.1, -0.05) is 0 Å². The van der Waals surface area contributed by atoms with Crippen molar-refractivity contribution in [3.63, 3.8) is 0 Å². The third-order valence-electron chi connectivity index (χ3n) is 4.40. The third kappa shape index (κ3) is 5.62. The van der Waals surface area contributed by atoms with Gasteiger partial charge in [-0.25, -0.2) is 9.59 Å². The normalized spacial score (nSPS) is 15.7. The zero-order valence-electron chi connectivity index (χ0n) is 16.3. The van der Waals surface area contributed by atoms with Gasteiger partial charge < -0.3 is 29.3 Å². The fraction of sp³-hybridized carbons (Fsp3) is 0.474. The molecule has 27 heavy (non-hydrogen) atoms. The summed E-state index contributed by atoms with van der Waals surface area (Å²) < 4.78 is 14.8. The highest BCUT2D eigenvalue weighted by Crippen LogP contribution is 2.32. The molecule has 1 heterocycles. The minimum atomic E-state index is -0.655. The molecule has 1 aromatic carbocycles. The second kappa shape index (κ2) is 9.82. The smallest absolute Gasteiger partial charge is 0.354 e. The van der Waals surface area contributed by atoms with Crippen LogP contribution in [0, 0.1) is 0 Å². The number of carbonyl (C=O) groups excluding carboxylic acids is 2. The van der Waals surface area contributed by atoms with E-state index in [4.69, 9.17) is 9.47 Å². The van der Waals surface area contributed by atoms with E-state index < -0.39 is 11.9 Å². The summed E-state index contributed by atoms with van der Waals surface area (Å²) in [4.78, 5) is 28.2. The molecule has 0 saturated carbocycles. The predicted octanol–water partition coefficient (Wildman–Crippen LogP) is 1.48. The molecular formula is C19H27N3O5. The van der Waals surface area contributed by atoms with E-state index >= 15 is 0 Å². The minimum Gasteiger partial charge on any atom is -0.497 e. The van der Waals surface area contributed by atoms with Crippen LogP contribution in [0.25, 0.3) is 0 Å². The van der Waals surface area contributed by atoms with Crippen LogP contribution in [0.4, 0.5) is 11.4 Å². The first kappa shape index (κ1) is 20.6. The Morgan fingerprint density at radius 2 is 1.85 bits per heavy atom. The van der Waals surface area contributed by atoms with Crippen molar-refractivity contribution >= 4 is 23.3 Å². The summed E-state index contributed by atoms with van der Waals surface area (Å²) in [5.74, 6) is -0.586. The number of nitrogens with one attached hydrogen (secondary N) is 1. The van der Waals surface area contributed by atoms with Gasteiger partial charge in [-0.3, -0.25) is 0 Å². The number of ether oxygens (including phenoxy) is 3. The number of nitrogens with zero attached hydrogens (tertiary/aromatic N) is 2. The van der Waals surface area contributed by atoms with Gasteiger partial charge >= 0.3 is 11.9 Å². The molecule has 0 spiro atoms.